The van der Waals surface area contributed by atoms with Gasteiger partial charge in [-0.25, -0.2) is 19.9 Å². The van der Waals surface area contributed by atoms with Gasteiger partial charge < -0.3 is 0 Å². The molecule has 0 spiro atoms. The molecule has 0 aliphatic rings. The Morgan fingerprint density at radius 1 is 0.512 bits per heavy atom. The topological polar surface area (TPSA) is 64.5 Å². The quantitative estimate of drug-likeness (QED) is 0.198. The van der Waals surface area contributed by atoms with Crippen LogP contribution in [0.15, 0.2) is 109 Å². The predicted octanol–water partition coefficient (Wildman–Crippen LogP) is 9.39. The summed E-state index contributed by atoms with van der Waals surface area (Å²) in [7, 11) is 0. The van der Waals surface area contributed by atoms with Crippen LogP contribution in [-0.2, 0) is 6.42 Å². The summed E-state index contributed by atoms with van der Waals surface area (Å²) in [6.07, 6.45) is 0.935. The molecule has 7 rings (SSSR count). The molecule has 3 heterocycles. The molecule has 5 nitrogen and oxygen atoms in total. The monoisotopic (exact) mass is 575 g/mol. The average molecular weight is 576 g/mol. The minimum Gasteiger partial charge on any atom is -0.258 e. The summed E-state index contributed by atoms with van der Waals surface area (Å²) in [6, 6.07) is 37.4. The van der Waals surface area contributed by atoms with Gasteiger partial charge in [-0.2, -0.15) is 0 Å². The number of benzene rings is 4. The fourth-order valence-electron chi connectivity index (χ4n) is 5.36. The lowest BCUT2D eigenvalue weighted by molar-refractivity contribution is 1.07. The minimum absolute atomic E-state index is 0.626. The van der Waals surface area contributed by atoms with Crippen LogP contribution in [0.25, 0.3) is 66.6 Å². The van der Waals surface area contributed by atoms with Gasteiger partial charge in [0.25, 0.3) is 0 Å². The molecule has 0 N–H and O–H groups in total. The predicted molar refractivity (Wildman–Crippen MR) is 177 cm³/mol. The maximum absolute atomic E-state index is 4.98. The van der Waals surface area contributed by atoms with Gasteiger partial charge >= 0.3 is 0 Å². The summed E-state index contributed by atoms with van der Waals surface area (Å²) in [5.41, 5.74) is 10.2. The van der Waals surface area contributed by atoms with E-state index in [0.29, 0.717) is 17.5 Å². The number of rotatable bonds is 6. The molecule has 0 aliphatic heterocycles. The molecule has 0 saturated heterocycles. The normalized spacial score (nSPS) is 11.2. The first kappa shape index (κ1) is 26.8. The van der Waals surface area contributed by atoms with Crippen LogP contribution in [0.3, 0.4) is 0 Å². The molecule has 6 heteroatoms. The molecule has 4 aromatic carbocycles. The Kier molecular flexibility index (Phi) is 7.05. The summed E-state index contributed by atoms with van der Waals surface area (Å²) in [5.74, 6) is 1.91. The maximum Gasteiger partial charge on any atom is 0.164 e. The van der Waals surface area contributed by atoms with E-state index in [0.717, 1.165) is 67.3 Å². The molecular formula is C37H29N5S. The fraction of sp³-hybridized carbons (Fsp3) is 0.108. The van der Waals surface area contributed by atoms with Crippen molar-refractivity contribution in [2.45, 2.75) is 27.2 Å². The molecule has 0 fully saturated rings. The second kappa shape index (κ2) is 11.3. The second-order valence-electron chi connectivity index (χ2n) is 10.5. The van der Waals surface area contributed by atoms with Gasteiger partial charge in [0, 0.05) is 33.6 Å². The molecule has 0 saturated carbocycles. The van der Waals surface area contributed by atoms with Gasteiger partial charge in [-0.1, -0.05) is 91.9 Å². The summed E-state index contributed by atoms with van der Waals surface area (Å²) >= 11 is 1.76. The Hall–Kier alpha value is -5.07. The van der Waals surface area contributed by atoms with Crippen LogP contribution in [-0.4, -0.2) is 24.9 Å². The van der Waals surface area contributed by atoms with Crippen molar-refractivity contribution in [2.75, 3.05) is 0 Å². The first-order chi connectivity index (χ1) is 21.1. The van der Waals surface area contributed by atoms with E-state index in [9.17, 15) is 0 Å². The van der Waals surface area contributed by atoms with Crippen molar-refractivity contribution in [3.63, 3.8) is 0 Å². The van der Waals surface area contributed by atoms with Gasteiger partial charge in [0.05, 0.1) is 15.2 Å². The van der Waals surface area contributed by atoms with Crippen LogP contribution in [0.2, 0.25) is 0 Å². The number of aryl methyl sites for hydroxylation is 3. The number of aromatic nitrogens is 5. The van der Waals surface area contributed by atoms with Crippen LogP contribution in [0.5, 0.6) is 0 Å². The van der Waals surface area contributed by atoms with Crippen LogP contribution in [0.1, 0.15) is 23.3 Å². The van der Waals surface area contributed by atoms with Crippen LogP contribution in [0, 0.1) is 13.8 Å². The van der Waals surface area contributed by atoms with Crippen LogP contribution >= 0.6 is 11.3 Å². The molecule has 0 bridgehead atoms. The number of hydrogen-bond donors (Lipinski definition) is 0. The first-order valence-electron chi connectivity index (χ1n) is 14.4. The van der Waals surface area contributed by atoms with Crippen LogP contribution in [0.4, 0.5) is 0 Å². The smallest absolute Gasteiger partial charge is 0.164 e. The third-order valence-electron chi connectivity index (χ3n) is 7.54. The van der Waals surface area contributed by atoms with Gasteiger partial charge in [0.15, 0.2) is 17.5 Å². The van der Waals surface area contributed by atoms with Gasteiger partial charge in [0.1, 0.15) is 0 Å². The highest BCUT2D eigenvalue weighted by molar-refractivity contribution is 7.18. The molecule has 0 aliphatic carbocycles. The molecule has 0 atom stereocenters. The van der Waals surface area contributed by atoms with E-state index in [1.54, 1.807) is 11.3 Å². The molecule has 0 unspecified atom stereocenters. The molecule has 43 heavy (non-hydrogen) atoms. The van der Waals surface area contributed by atoms with Crippen molar-refractivity contribution >= 4 is 21.6 Å². The van der Waals surface area contributed by atoms with Crippen molar-refractivity contribution in [1.82, 2.24) is 24.9 Å². The van der Waals surface area contributed by atoms with Gasteiger partial charge in [-0.05, 0) is 61.2 Å². The van der Waals surface area contributed by atoms with Crippen molar-refractivity contribution in [2.24, 2.45) is 0 Å². The number of fused-ring (bicyclic) bond motifs is 1. The lowest BCUT2D eigenvalue weighted by Gasteiger charge is -2.15. The van der Waals surface area contributed by atoms with E-state index in [-0.39, 0.29) is 0 Å². The van der Waals surface area contributed by atoms with Crippen molar-refractivity contribution in [3.05, 3.63) is 126 Å². The Labute approximate surface area is 255 Å². The zero-order valence-corrected chi connectivity index (χ0v) is 25.1. The lowest BCUT2D eigenvalue weighted by atomic mass is 9.91. The van der Waals surface area contributed by atoms with Gasteiger partial charge in [-0.15, -0.1) is 11.3 Å². The number of nitrogens with zero attached hydrogens (tertiary/aromatic N) is 5. The van der Waals surface area contributed by atoms with E-state index >= 15 is 0 Å². The third kappa shape index (κ3) is 5.33. The highest BCUT2D eigenvalue weighted by atomic mass is 32.1. The molecule has 208 valence electrons. The van der Waals surface area contributed by atoms with E-state index in [2.05, 4.69) is 62.4 Å². The second-order valence-corrected chi connectivity index (χ2v) is 11.6. The first-order valence-corrected chi connectivity index (χ1v) is 15.2. The largest absolute Gasteiger partial charge is 0.258 e. The Bertz CT molecular complexity index is 2030. The molecule has 7 aromatic rings. The van der Waals surface area contributed by atoms with E-state index < -0.39 is 0 Å². The Morgan fingerprint density at radius 2 is 1.12 bits per heavy atom. The number of pyridine rings is 1. The van der Waals surface area contributed by atoms with Crippen LogP contribution < -0.4 is 0 Å². The van der Waals surface area contributed by atoms with Crippen molar-refractivity contribution in [3.8, 4) is 56.4 Å². The molecule has 0 amide bonds. The van der Waals surface area contributed by atoms with E-state index in [4.69, 9.17) is 24.9 Å². The highest BCUT2D eigenvalue weighted by Gasteiger charge is 2.17. The summed E-state index contributed by atoms with van der Waals surface area (Å²) in [6.45, 7) is 6.24. The summed E-state index contributed by atoms with van der Waals surface area (Å²) in [4.78, 5) is 24.5. The highest BCUT2D eigenvalue weighted by Crippen LogP contribution is 2.38. The van der Waals surface area contributed by atoms with Crippen molar-refractivity contribution in [1.29, 1.82) is 0 Å². The summed E-state index contributed by atoms with van der Waals surface area (Å²) in [5, 5.41) is 1.15. The van der Waals surface area contributed by atoms with E-state index in [1.807, 2.05) is 67.6 Å². The maximum atomic E-state index is 4.98. The Balaban J connectivity index is 1.44. The minimum atomic E-state index is 0.626. The lowest BCUT2D eigenvalue weighted by Crippen LogP contribution is -2.01. The molecule has 3 aromatic heterocycles. The van der Waals surface area contributed by atoms with E-state index in [1.165, 1.54) is 4.70 Å². The standard InChI is InChI=1S/C37H29N5S/c1-4-34-39-32-22-27(17-20-33(32)43-34)30-19-16-28(21-31(30)29-18-15-23(2)38-24(29)3)37-41-35(25-11-7-5-8-12-25)40-36(42-37)26-13-9-6-10-14-26/h5-22H,4H2,1-3H3. The third-order valence-corrected chi connectivity index (χ3v) is 8.72. The Morgan fingerprint density at radius 3 is 1.74 bits per heavy atom. The number of thiazole rings is 1. The fourth-order valence-corrected chi connectivity index (χ4v) is 6.25. The molecular weight excluding hydrogens is 547 g/mol. The van der Waals surface area contributed by atoms with Gasteiger partial charge in [-0.3, -0.25) is 4.98 Å². The summed E-state index contributed by atoms with van der Waals surface area (Å²) < 4.78 is 1.21. The SMILES string of the molecule is CCc1nc2cc(-c3ccc(-c4nc(-c5ccccc5)nc(-c5ccccc5)n4)cc3-c3ccc(C)nc3C)ccc2s1. The molecule has 0 radical (unpaired) electrons. The zero-order chi connectivity index (χ0) is 29.3. The zero-order valence-electron chi connectivity index (χ0n) is 24.2. The number of hydrogen-bond acceptors (Lipinski definition) is 6. The van der Waals surface area contributed by atoms with Crippen molar-refractivity contribution < 1.29 is 0 Å². The van der Waals surface area contributed by atoms with Gasteiger partial charge in [0.2, 0.25) is 0 Å². The average Bonchev–Trinajstić information content (AvgIpc) is 3.48.